The maximum absolute atomic E-state index is 12.2. The van der Waals surface area contributed by atoms with Crippen LogP contribution in [0.4, 0.5) is 0 Å². The van der Waals surface area contributed by atoms with E-state index in [0.717, 1.165) is 11.1 Å². The van der Waals surface area contributed by atoms with E-state index >= 15 is 0 Å². The first-order valence-electron chi connectivity index (χ1n) is 9.27. The van der Waals surface area contributed by atoms with E-state index in [4.69, 9.17) is 30.2 Å². The molecule has 0 aliphatic rings. The van der Waals surface area contributed by atoms with Gasteiger partial charge in [0.05, 0.1) is 14.2 Å². The average Bonchev–Trinajstić information content (AvgIpc) is 2.75. The first kappa shape index (κ1) is 21.5. The van der Waals surface area contributed by atoms with E-state index in [9.17, 15) is 9.59 Å². The first-order valence-corrected chi connectivity index (χ1v) is 9.65. The molecule has 0 fully saturated rings. The third-order valence-electron chi connectivity index (χ3n) is 4.57. The molecular weight excluding hydrogens is 408 g/mol. The lowest BCUT2D eigenvalue weighted by molar-refractivity contribution is -0.138. The summed E-state index contributed by atoms with van der Waals surface area (Å²) in [6.45, 7) is 1.88. The summed E-state index contributed by atoms with van der Waals surface area (Å²) < 4.78 is 21.0. The molecule has 0 atom stereocenters. The van der Waals surface area contributed by atoms with Crippen LogP contribution in [0.25, 0.3) is 17.0 Å². The van der Waals surface area contributed by atoms with Gasteiger partial charge < -0.3 is 18.6 Å². The van der Waals surface area contributed by atoms with Gasteiger partial charge in [-0.2, -0.15) is 0 Å². The molecule has 0 aliphatic heterocycles. The molecule has 3 aromatic rings. The van der Waals surface area contributed by atoms with Crippen LogP contribution in [0, 0.1) is 0 Å². The van der Waals surface area contributed by atoms with Crippen molar-refractivity contribution in [1.29, 1.82) is 0 Å². The number of rotatable bonds is 7. The summed E-state index contributed by atoms with van der Waals surface area (Å²) in [5, 5.41) is 1.20. The molecule has 0 radical (unpaired) electrons. The van der Waals surface area contributed by atoms with Crippen molar-refractivity contribution in [2.24, 2.45) is 0 Å². The largest absolute Gasteiger partial charge is 0.493 e. The number of hydrogen-bond acceptors (Lipinski definition) is 6. The van der Waals surface area contributed by atoms with Crippen molar-refractivity contribution in [1.82, 2.24) is 0 Å². The van der Waals surface area contributed by atoms with Gasteiger partial charge in [-0.3, -0.25) is 0 Å². The molecule has 0 spiro atoms. The van der Waals surface area contributed by atoms with Gasteiger partial charge in [0, 0.05) is 28.1 Å². The predicted molar refractivity (Wildman–Crippen MR) is 115 cm³/mol. The highest BCUT2D eigenvalue weighted by Gasteiger charge is 2.11. The second-order valence-corrected chi connectivity index (χ2v) is 6.85. The Bertz CT molecular complexity index is 1160. The molecule has 2 aromatic carbocycles. The molecule has 30 heavy (non-hydrogen) atoms. The van der Waals surface area contributed by atoms with Gasteiger partial charge in [-0.15, -0.1) is 0 Å². The average molecular weight is 429 g/mol. The van der Waals surface area contributed by atoms with Gasteiger partial charge in [0.2, 0.25) is 0 Å². The normalized spacial score (nSPS) is 11.1. The van der Waals surface area contributed by atoms with Crippen LogP contribution in [-0.4, -0.2) is 20.2 Å². The van der Waals surface area contributed by atoms with E-state index in [1.165, 1.54) is 19.3 Å². The van der Waals surface area contributed by atoms with Crippen molar-refractivity contribution in [3.05, 3.63) is 74.6 Å². The Kier molecular flexibility index (Phi) is 6.79. The zero-order valence-corrected chi connectivity index (χ0v) is 17.6. The number of esters is 1. The van der Waals surface area contributed by atoms with Crippen LogP contribution >= 0.6 is 11.6 Å². The lowest BCUT2D eigenvalue weighted by atomic mass is 10.1. The summed E-state index contributed by atoms with van der Waals surface area (Å²) in [7, 11) is 3.09. The minimum Gasteiger partial charge on any atom is -0.493 e. The molecule has 1 heterocycles. The van der Waals surface area contributed by atoms with Crippen molar-refractivity contribution >= 4 is 34.6 Å². The second kappa shape index (κ2) is 9.50. The minimum atomic E-state index is -0.553. The van der Waals surface area contributed by atoms with Crippen molar-refractivity contribution in [3.63, 3.8) is 0 Å². The maximum Gasteiger partial charge on any atom is 0.336 e. The van der Waals surface area contributed by atoms with E-state index < -0.39 is 11.6 Å². The number of carbonyl (C=O) groups excluding carboxylic acids is 1. The molecule has 0 aliphatic carbocycles. The van der Waals surface area contributed by atoms with E-state index in [-0.39, 0.29) is 6.61 Å². The molecule has 0 unspecified atom stereocenters. The fourth-order valence-corrected chi connectivity index (χ4v) is 3.29. The molecule has 0 saturated carbocycles. The van der Waals surface area contributed by atoms with Crippen LogP contribution in [-0.2, 0) is 22.6 Å². The number of ether oxygens (including phenoxy) is 3. The Morgan fingerprint density at radius 3 is 2.53 bits per heavy atom. The number of hydrogen-bond donors (Lipinski definition) is 0. The highest BCUT2D eigenvalue weighted by molar-refractivity contribution is 6.32. The van der Waals surface area contributed by atoms with Crippen LogP contribution in [0.5, 0.6) is 11.5 Å². The fraction of sp³-hybridized carbons (Fsp3) is 0.217. The number of benzene rings is 2. The zero-order chi connectivity index (χ0) is 21.7. The molecule has 1 aromatic heterocycles. The molecular formula is C23H21ClO6. The van der Waals surface area contributed by atoms with Gasteiger partial charge in [0.15, 0.2) is 11.5 Å². The predicted octanol–water partition coefficient (Wildman–Crippen LogP) is 4.78. The van der Waals surface area contributed by atoms with Gasteiger partial charge in [0.25, 0.3) is 0 Å². The molecule has 0 saturated heterocycles. The van der Waals surface area contributed by atoms with Crippen LogP contribution < -0.4 is 15.1 Å². The summed E-state index contributed by atoms with van der Waals surface area (Å²) in [5.41, 5.74) is 2.04. The highest BCUT2D eigenvalue weighted by atomic mass is 35.5. The minimum absolute atomic E-state index is 0.0843. The number of halogens is 1. The van der Waals surface area contributed by atoms with E-state index in [1.54, 1.807) is 43.5 Å². The molecule has 0 amide bonds. The number of carbonyl (C=O) groups is 1. The lowest BCUT2D eigenvalue weighted by Gasteiger charge is -2.09. The van der Waals surface area contributed by atoms with Crippen LogP contribution in [0.15, 0.2) is 51.7 Å². The fourth-order valence-electron chi connectivity index (χ4n) is 3.00. The quantitative estimate of drug-likeness (QED) is 0.306. The Morgan fingerprint density at radius 1 is 1.07 bits per heavy atom. The number of fused-ring (bicyclic) bond motifs is 1. The van der Waals surface area contributed by atoms with Gasteiger partial charge >= 0.3 is 11.6 Å². The molecule has 0 bridgehead atoms. The van der Waals surface area contributed by atoms with Crippen LogP contribution in [0.1, 0.15) is 23.6 Å². The Morgan fingerprint density at radius 2 is 1.83 bits per heavy atom. The summed E-state index contributed by atoms with van der Waals surface area (Å²) in [6, 6.07) is 10.0. The van der Waals surface area contributed by atoms with Crippen LogP contribution in [0.2, 0.25) is 5.02 Å². The number of methoxy groups -OCH3 is 2. The van der Waals surface area contributed by atoms with Crippen LogP contribution in [0.3, 0.4) is 0 Å². The van der Waals surface area contributed by atoms with Crippen molar-refractivity contribution in [3.8, 4) is 11.5 Å². The standard InChI is InChI=1S/C23H21ClO6/c1-4-15-10-20-17(12-18(15)24)16(11-23(26)30-20)13-29-22(25)8-6-14-5-7-19(27-2)21(9-14)28-3/h5-12H,4,13H2,1-3H3/b8-6+. The van der Waals surface area contributed by atoms with Gasteiger partial charge in [0.1, 0.15) is 12.2 Å². The first-order chi connectivity index (χ1) is 14.4. The third kappa shape index (κ3) is 4.83. The monoisotopic (exact) mass is 428 g/mol. The Balaban J connectivity index is 1.76. The summed E-state index contributed by atoms with van der Waals surface area (Å²) >= 11 is 6.28. The molecule has 3 rings (SSSR count). The van der Waals surface area contributed by atoms with Gasteiger partial charge in [-0.1, -0.05) is 24.6 Å². The zero-order valence-electron chi connectivity index (χ0n) is 16.9. The van der Waals surface area contributed by atoms with E-state index in [2.05, 4.69) is 0 Å². The lowest BCUT2D eigenvalue weighted by Crippen LogP contribution is -2.06. The smallest absolute Gasteiger partial charge is 0.336 e. The molecule has 7 heteroatoms. The summed E-state index contributed by atoms with van der Waals surface area (Å²) in [4.78, 5) is 24.0. The van der Waals surface area contributed by atoms with E-state index in [1.807, 2.05) is 6.92 Å². The second-order valence-electron chi connectivity index (χ2n) is 6.44. The topological polar surface area (TPSA) is 75.0 Å². The van der Waals surface area contributed by atoms with Crippen molar-refractivity contribution in [2.75, 3.05) is 14.2 Å². The Labute approximate surface area is 178 Å². The SMILES string of the molecule is CCc1cc2oc(=O)cc(COC(=O)/C=C/c3ccc(OC)c(OC)c3)c2cc1Cl. The highest BCUT2D eigenvalue weighted by Crippen LogP contribution is 2.28. The van der Waals surface area contributed by atoms with E-state index in [0.29, 0.717) is 39.5 Å². The molecule has 156 valence electrons. The third-order valence-corrected chi connectivity index (χ3v) is 4.92. The van der Waals surface area contributed by atoms with Crippen molar-refractivity contribution in [2.45, 2.75) is 20.0 Å². The maximum atomic E-state index is 12.2. The van der Waals surface area contributed by atoms with Gasteiger partial charge in [-0.05, 0) is 47.9 Å². The summed E-state index contributed by atoms with van der Waals surface area (Å²) in [6.07, 6.45) is 3.61. The van der Waals surface area contributed by atoms with Crippen molar-refractivity contribution < 1.29 is 23.4 Å². The molecule has 0 N–H and O–H groups in total. The summed E-state index contributed by atoms with van der Waals surface area (Å²) in [5.74, 6) is 0.596. The Hall–Kier alpha value is -3.25. The van der Waals surface area contributed by atoms with Gasteiger partial charge in [-0.25, -0.2) is 9.59 Å². The number of aryl methyl sites for hydroxylation is 1. The molecule has 6 nitrogen and oxygen atoms in total.